The molecule has 1 aromatic heterocycles. The number of halogens is 1. The van der Waals surface area contributed by atoms with Gasteiger partial charge in [0.25, 0.3) is 5.91 Å². The minimum absolute atomic E-state index is 0.283. The number of carbonyl (C=O) groups is 2. The number of rotatable bonds is 4. The monoisotopic (exact) mass is 390 g/mol. The molecule has 2 amide bonds. The Hall–Kier alpha value is -2.67. The van der Waals surface area contributed by atoms with Crippen LogP contribution in [0.25, 0.3) is 10.9 Å². The summed E-state index contributed by atoms with van der Waals surface area (Å²) in [4.78, 5) is 28.0. The van der Waals surface area contributed by atoms with Gasteiger partial charge in [0.2, 0.25) is 0 Å². The van der Waals surface area contributed by atoms with Crippen molar-refractivity contribution in [1.82, 2.24) is 15.7 Å². The standard InChI is InChI=1S/C19H23ClN4O3/c1-11-6-7-13-9-14(16(20)23-15(13)8-11)10-21-24-17(25)12(2)22-18(26)27-19(3,4)5/h6-10,12H,1-5H3,(H,22,26)(H,24,25)/b21-10+/t12-/m0/s1. The van der Waals surface area contributed by atoms with E-state index < -0.39 is 23.6 Å². The minimum atomic E-state index is -0.815. The first kappa shape index (κ1) is 20.6. The van der Waals surface area contributed by atoms with Crippen molar-refractivity contribution in [2.45, 2.75) is 46.3 Å². The summed E-state index contributed by atoms with van der Waals surface area (Å²) in [6.07, 6.45) is 0.735. The highest BCUT2D eigenvalue weighted by Gasteiger charge is 2.20. The van der Waals surface area contributed by atoms with Gasteiger partial charge in [-0.05, 0) is 52.3 Å². The number of nitrogens with one attached hydrogen (secondary N) is 2. The minimum Gasteiger partial charge on any atom is -0.444 e. The number of nitrogens with zero attached hydrogens (tertiary/aromatic N) is 2. The van der Waals surface area contributed by atoms with E-state index in [9.17, 15) is 9.59 Å². The highest BCUT2D eigenvalue weighted by atomic mass is 35.5. The van der Waals surface area contributed by atoms with Crippen molar-refractivity contribution in [3.05, 3.63) is 40.5 Å². The van der Waals surface area contributed by atoms with E-state index in [-0.39, 0.29) is 5.15 Å². The fourth-order valence-corrected chi connectivity index (χ4v) is 2.37. The molecular weight excluding hydrogens is 368 g/mol. The van der Waals surface area contributed by atoms with Crippen LogP contribution in [0.1, 0.15) is 38.8 Å². The van der Waals surface area contributed by atoms with Crippen molar-refractivity contribution in [3.63, 3.8) is 0 Å². The van der Waals surface area contributed by atoms with E-state index in [2.05, 4.69) is 20.8 Å². The van der Waals surface area contributed by atoms with Crippen molar-refractivity contribution >= 4 is 40.7 Å². The maximum Gasteiger partial charge on any atom is 0.408 e. The maximum atomic E-state index is 12.0. The zero-order chi connectivity index (χ0) is 20.2. The highest BCUT2D eigenvalue weighted by Crippen LogP contribution is 2.20. The lowest BCUT2D eigenvalue weighted by Crippen LogP contribution is -2.45. The van der Waals surface area contributed by atoms with Crippen molar-refractivity contribution in [2.75, 3.05) is 0 Å². The van der Waals surface area contributed by atoms with Crippen molar-refractivity contribution in [1.29, 1.82) is 0 Å². The van der Waals surface area contributed by atoms with Crippen LogP contribution in [0.5, 0.6) is 0 Å². The van der Waals surface area contributed by atoms with Crippen LogP contribution in [0.3, 0.4) is 0 Å². The smallest absolute Gasteiger partial charge is 0.408 e. The molecule has 0 radical (unpaired) electrons. The van der Waals surface area contributed by atoms with Crippen LogP contribution in [0, 0.1) is 6.92 Å². The fourth-order valence-electron chi connectivity index (χ4n) is 2.17. The quantitative estimate of drug-likeness (QED) is 0.474. The Labute approximate surface area is 163 Å². The number of aromatic nitrogens is 1. The average molecular weight is 391 g/mol. The molecule has 1 heterocycles. The number of benzene rings is 1. The van der Waals surface area contributed by atoms with E-state index in [1.54, 1.807) is 20.8 Å². The zero-order valence-corrected chi connectivity index (χ0v) is 16.7. The van der Waals surface area contributed by atoms with Gasteiger partial charge < -0.3 is 10.1 Å². The lowest BCUT2D eigenvalue weighted by molar-refractivity contribution is -0.122. The van der Waals surface area contributed by atoms with Crippen molar-refractivity contribution in [2.24, 2.45) is 5.10 Å². The van der Waals surface area contributed by atoms with E-state index in [1.165, 1.54) is 13.1 Å². The van der Waals surface area contributed by atoms with Gasteiger partial charge in [0.1, 0.15) is 16.8 Å². The molecular formula is C19H23ClN4O3. The molecule has 1 atom stereocenters. The number of hydrogen-bond acceptors (Lipinski definition) is 5. The average Bonchev–Trinajstić information content (AvgIpc) is 2.53. The summed E-state index contributed by atoms with van der Waals surface area (Å²) < 4.78 is 5.10. The molecule has 2 N–H and O–H groups in total. The normalized spacial score (nSPS) is 12.8. The molecule has 27 heavy (non-hydrogen) atoms. The first-order valence-electron chi connectivity index (χ1n) is 8.44. The Bertz CT molecular complexity index is 890. The van der Waals surface area contributed by atoms with Gasteiger partial charge in [0.05, 0.1) is 11.7 Å². The second-order valence-corrected chi connectivity index (χ2v) is 7.52. The molecule has 2 rings (SSSR count). The van der Waals surface area contributed by atoms with Gasteiger partial charge in [0.15, 0.2) is 0 Å². The molecule has 0 bridgehead atoms. The van der Waals surface area contributed by atoms with Crippen LogP contribution < -0.4 is 10.7 Å². The van der Waals surface area contributed by atoms with E-state index in [1.807, 2.05) is 31.2 Å². The third-order valence-electron chi connectivity index (χ3n) is 3.46. The first-order chi connectivity index (χ1) is 12.5. The summed E-state index contributed by atoms with van der Waals surface area (Å²) in [5, 5.41) is 7.53. The molecule has 144 valence electrons. The molecule has 8 heteroatoms. The number of hydrazone groups is 1. The Morgan fingerprint density at radius 3 is 2.67 bits per heavy atom. The third kappa shape index (κ3) is 6.21. The van der Waals surface area contributed by atoms with Crippen LogP contribution in [-0.2, 0) is 9.53 Å². The molecule has 0 unspecified atom stereocenters. The summed E-state index contributed by atoms with van der Waals surface area (Å²) >= 11 is 6.18. The fraction of sp³-hybridized carbons (Fsp3) is 0.368. The van der Waals surface area contributed by atoms with Crippen molar-refractivity contribution in [3.8, 4) is 0 Å². The summed E-state index contributed by atoms with van der Waals surface area (Å²) in [6, 6.07) is 6.88. The zero-order valence-electron chi connectivity index (χ0n) is 16.0. The highest BCUT2D eigenvalue weighted by molar-refractivity contribution is 6.32. The molecule has 0 aliphatic rings. The van der Waals surface area contributed by atoms with Crippen LogP contribution in [-0.4, -0.2) is 34.8 Å². The van der Waals surface area contributed by atoms with E-state index in [0.717, 1.165) is 16.5 Å². The Morgan fingerprint density at radius 1 is 1.30 bits per heavy atom. The number of amides is 2. The Morgan fingerprint density at radius 2 is 2.00 bits per heavy atom. The molecule has 2 aromatic rings. The lowest BCUT2D eigenvalue weighted by atomic mass is 10.1. The second-order valence-electron chi connectivity index (χ2n) is 7.17. The van der Waals surface area contributed by atoms with Gasteiger partial charge in [-0.25, -0.2) is 15.2 Å². The molecule has 1 aromatic carbocycles. The predicted molar refractivity (Wildman–Crippen MR) is 106 cm³/mol. The topological polar surface area (TPSA) is 92.7 Å². The molecule has 0 saturated heterocycles. The van der Waals surface area contributed by atoms with Crippen LogP contribution in [0.4, 0.5) is 4.79 Å². The predicted octanol–water partition coefficient (Wildman–Crippen LogP) is 3.56. The van der Waals surface area contributed by atoms with Gasteiger partial charge in [0, 0.05) is 10.9 Å². The summed E-state index contributed by atoms with van der Waals surface area (Å²) in [7, 11) is 0. The molecule has 0 aliphatic heterocycles. The maximum absolute atomic E-state index is 12.0. The lowest BCUT2D eigenvalue weighted by Gasteiger charge is -2.21. The van der Waals surface area contributed by atoms with Crippen LogP contribution >= 0.6 is 11.6 Å². The number of alkyl carbamates (subject to hydrolysis) is 1. The summed E-state index contributed by atoms with van der Waals surface area (Å²) in [5.74, 6) is -0.488. The molecule has 7 nitrogen and oxygen atoms in total. The Kier molecular flexibility index (Phi) is 6.38. The van der Waals surface area contributed by atoms with Gasteiger partial charge in [-0.15, -0.1) is 0 Å². The largest absolute Gasteiger partial charge is 0.444 e. The van der Waals surface area contributed by atoms with E-state index in [0.29, 0.717) is 5.56 Å². The van der Waals surface area contributed by atoms with Crippen LogP contribution in [0.15, 0.2) is 29.4 Å². The van der Waals surface area contributed by atoms with Gasteiger partial charge in [-0.3, -0.25) is 4.79 Å². The molecule has 0 spiro atoms. The summed E-state index contributed by atoms with van der Waals surface area (Å²) in [6.45, 7) is 8.73. The second kappa shape index (κ2) is 8.35. The van der Waals surface area contributed by atoms with E-state index in [4.69, 9.17) is 16.3 Å². The van der Waals surface area contributed by atoms with E-state index >= 15 is 0 Å². The van der Waals surface area contributed by atoms with Crippen molar-refractivity contribution < 1.29 is 14.3 Å². The number of ether oxygens (including phenoxy) is 1. The third-order valence-corrected chi connectivity index (χ3v) is 3.76. The number of aryl methyl sites for hydroxylation is 1. The van der Waals surface area contributed by atoms with Gasteiger partial charge in [-0.2, -0.15) is 5.10 Å². The number of hydrogen-bond donors (Lipinski definition) is 2. The van der Waals surface area contributed by atoms with Gasteiger partial charge in [-0.1, -0.05) is 23.7 Å². The molecule has 0 fully saturated rings. The number of fused-ring (bicyclic) bond motifs is 1. The first-order valence-corrected chi connectivity index (χ1v) is 8.82. The number of pyridine rings is 1. The molecule has 0 aliphatic carbocycles. The Balaban J connectivity index is 1.99. The van der Waals surface area contributed by atoms with Crippen LogP contribution in [0.2, 0.25) is 5.15 Å². The SMILES string of the molecule is Cc1ccc2cc(/C=N/NC(=O)[C@H](C)NC(=O)OC(C)(C)C)c(Cl)nc2c1. The molecule has 0 saturated carbocycles. The van der Waals surface area contributed by atoms with Gasteiger partial charge >= 0.3 is 6.09 Å². The summed E-state index contributed by atoms with van der Waals surface area (Å²) in [5.41, 5.74) is 4.16. The number of carbonyl (C=O) groups excluding carboxylic acids is 2.